The summed E-state index contributed by atoms with van der Waals surface area (Å²) >= 11 is 0. The van der Waals surface area contributed by atoms with Gasteiger partial charge in [0, 0.05) is 20.6 Å². The van der Waals surface area contributed by atoms with E-state index >= 15 is 0 Å². The maximum atomic E-state index is 12.0. The molecule has 0 radical (unpaired) electrons. The summed E-state index contributed by atoms with van der Waals surface area (Å²) in [4.78, 5) is 25.6. The molecule has 6 nitrogen and oxygen atoms in total. The second-order valence-electron chi connectivity index (χ2n) is 5.72. The highest BCUT2D eigenvalue weighted by Gasteiger charge is 2.14. The Labute approximate surface area is 140 Å². The van der Waals surface area contributed by atoms with E-state index in [0.29, 0.717) is 13.0 Å². The van der Waals surface area contributed by atoms with Crippen LogP contribution in [0.3, 0.4) is 0 Å². The van der Waals surface area contributed by atoms with Gasteiger partial charge in [-0.3, -0.25) is 9.59 Å². The van der Waals surface area contributed by atoms with E-state index in [1.54, 1.807) is 33.3 Å². The molecule has 1 aromatic rings. The molecule has 0 aliphatic heterocycles. The van der Waals surface area contributed by atoms with Crippen molar-refractivity contribution in [1.29, 1.82) is 0 Å². The summed E-state index contributed by atoms with van der Waals surface area (Å²) in [5.41, 5.74) is 0.903. The smallest absolute Gasteiger partial charge is 0.387 e. The Balaban J connectivity index is 2.28. The summed E-state index contributed by atoms with van der Waals surface area (Å²) in [6.45, 7) is -1.94. The third-order valence-corrected chi connectivity index (χ3v) is 3.30. The van der Waals surface area contributed by atoms with Gasteiger partial charge in [-0.1, -0.05) is 12.1 Å². The van der Waals surface area contributed by atoms with Crippen molar-refractivity contribution < 1.29 is 28.0 Å². The number of nitrogens with one attached hydrogen (secondary N) is 2. The third-order valence-electron chi connectivity index (χ3n) is 3.30. The van der Waals surface area contributed by atoms with Crippen molar-refractivity contribution in [1.82, 2.24) is 10.2 Å². The maximum absolute atomic E-state index is 12.0. The molecule has 0 saturated carbocycles. The molecule has 2 N–H and O–H groups in total. The van der Waals surface area contributed by atoms with Crippen LogP contribution in [0.5, 0.6) is 5.75 Å². The number of carbonyl (C=O) groups excluding carboxylic acids is 2. The molecule has 0 saturated heterocycles. The van der Waals surface area contributed by atoms with Gasteiger partial charge in [0.15, 0.2) is 13.1 Å². The number of hydrogen-bond acceptors (Lipinski definition) is 3. The minimum absolute atomic E-state index is 0.0357. The highest BCUT2D eigenvalue weighted by atomic mass is 19.3. The number of ether oxygens (including phenoxy) is 1. The predicted octanol–water partition coefficient (Wildman–Crippen LogP) is -0.450. The summed E-state index contributed by atoms with van der Waals surface area (Å²) in [6.07, 6.45) is 0.580. The molecule has 0 spiro atoms. The van der Waals surface area contributed by atoms with Crippen molar-refractivity contribution in [2.45, 2.75) is 13.0 Å². The molecule has 0 aromatic heterocycles. The summed E-state index contributed by atoms with van der Waals surface area (Å²) in [5.74, 6) is -0.0725. The molecular weight excluding hydrogens is 320 g/mol. The molecule has 0 aliphatic carbocycles. The molecule has 0 bridgehead atoms. The first-order valence-electron chi connectivity index (χ1n) is 7.60. The number of halogens is 2. The van der Waals surface area contributed by atoms with E-state index in [4.69, 9.17) is 0 Å². The zero-order valence-electron chi connectivity index (χ0n) is 14.1. The molecule has 2 amide bonds. The number of carbonyl (C=O) groups is 2. The van der Waals surface area contributed by atoms with Crippen LogP contribution < -0.4 is 15.0 Å². The zero-order chi connectivity index (χ0) is 18.1. The van der Waals surface area contributed by atoms with Crippen molar-refractivity contribution in [3.63, 3.8) is 0 Å². The van der Waals surface area contributed by atoms with Crippen molar-refractivity contribution in [2.24, 2.45) is 0 Å². The molecule has 24 heavy (non-hydrogen) atoms. The predicted molar refractivity (Wildman–Crippen MR) is 85.1 cm³/mol. The molecule has 0 fully saturated rings. The molecule has 8 heteroatoms. The third kappa shape index (κ3) is 7.87. The van der Waals surface area contributed by atoms with Crippen LogP contribution in [-0.4, -0.2) is 64.1 Å². The van der Waals surface area contributed by atoms with Gasteiger partial charge >= 0.3 is 6.61 Å². The van der Waals surface area contributed by atoms with Gasteiger partial charge in [0.1, 0.15) is 5.75 Å². The van der Waals surface area contributed by atoms with E-state index in [2.05, 4.69) is 10.1 Å². The normalized spacial score (nSPS) is 11.9. The fourth-order valence-corrected chi connectivity index (χ4v) is 2.00. The highest BCUT2D eigenvalue weighted by molar-refractivity contribution is 5.78. The SMILES string of the molecule is CN(C)C(=O)C[NH+](C)CC(=O)NCCc1ccc(OC(F)F)cc1. The van der Waals surface area contributed by atoms with Gasteiger partial charge < -0.3 is 19.9 Å². The van der Waals surface area contributed by atoms with Gasteiger partial charge in [0.05, 0.1) is 7.05 Å². The van der Waals surface area contributed by atoms with E-state index < -0.39 is 6.61 Å². The second-order valence-corrected chi connectivity index (χ2v) is 5.72. The van der Waals surface area contributed by atoms with E-state index in [9.17, 15) is 18.4 Å². The van der Waals surface area contributed by atoms with Gasteiger partial charge in [-0.25, -0.2) is 0 Å². The lowest BCUT2D eigenvalue weighted by molar-refractivity contribution is -0.862. The van der Waals surface area contributed by atoms with Crippen LogP contribution in [0.2, 0.25) is 0 Å². The topological polar surface area (TPSA) is 63.1 Å². The minimum Gasteiger partial charge on any atom is -0.435 e. The molecule has 1 atom stereocenters. The Kier molecular flexibility index (Phi) is 8.11. The summed E-state index contributed by atoms with van der Waals surface area (Å²) in [7, 11) is 5.13. The number of benzene rings is 1. The van der Waals surface area contributed by atoms with E-state index in [1.807, 2.05) is 0 Å². The Hall–Kier alpha value is -2.22. The Morgan fingerprint density at radius 1 is 1.21 bits per heavy atom. The first-order chi connectivity index (χ1) is 11.3. The van der Waals surface area contributed by atoms with Crippen molar-refractivity contribution >= 4 is 11.8 Å². The van der Waals surface area contributed by atoms with Gasteiger partial charge in [0.25, 0.3) is 11.8 Å². The first-order valence-corrected chi connectivity index (χ1v) is 7.60. The van der Waals surface area contributed by atoms with Gasteiger partial charge in [-0.05, 0) is 24.1 Å². The number of rotatable bonds is 9. The van der Waals surface area contributed by atoms with Gasteiger partial charge in [-0.15, -0.1) is 0 Å². The fraction of sp³-hybridized carbons (Fsp3) is 0.500. The standard InChI is InChI=1S/C16H23F2N3O3/c1-20(2)15(23)11-21(3)10-14(22)19-9-8-12-4-6-13(7-5-12)24-16(17)18/h4-7,16H,8-11H2,1-3H3,(H,19,22)/p+1. The Morgan fingerprint density at radius 2 is 1.83 bits per heavy atom. The van der Waals surface area contributed by atoms with Crippen LogP contribution in [0.15, 0.2) is 24.3 Å². The minimum atomic E-state index is -2.84. The lowest BCUT2D eigenvalue weighted by atomic mass is 10.1. The van der Waals surface area contributed by atoms with E-state index in [1.165, 1.54) is 17.0 Å². The number of quaternary nitrogens is 1. The second kappa shape index (κ2) is 9.82. The van der Waals surface area contributed by atoms with Crippen LogP contribution in [-0.2, 0) is 16.0 Å². The van der Waals surface area contributed by atoms with Crippen molar-refractivity contribution in [3.05, 3.63) is 29.8 Å². The molecule has 1 rings (SSSR count). The lowest BCUT2D eigenvalue weighted by Gasteiger charge is -2.16. The van der Waals surface area contributed by atoms with E-state index in [-0.39, 0.29) is 30.7 Å². The van der Waals surface area contributed by atoms with Gasteiger partial charge in [-0.2, -0.15) is 8.78 Å². The van der Waals surface area contributed by atoms with Crippen LogP contribution >= 0.6 is 0 Å². The number of hydrogen-bond donors (Lipinski definition) is 2. The average Bonchev–Trinajstić information content (AvgIpc) is 2.48. The maximum Gasteiger partial charge on any atom is 0.387 e. The Bertz CT molecular complexity index is 536. The van der Waals surface area contributed by atoms with Crippen LogP contribution in [0, 0.1) is 0 Å². The molecule has 134 valence electrons. The Morgan fingerprint density at radius 3 is 2.38 bits per heavy atom. The van der Waals surface area contributed by atoms with Crippen LogP contribution in [0.25, 0.3) is 0 Å². The quantitative estimate of drug-likeness (QED) is 0.638. The summed E-state index contributed by atoms with van der Waals surface area (Å²) < 4.78 is 28.4. The van der Waals surface area contributed by atoms with Crippen LogP contribution in [0.1, 0.15) is 5.56 Å². The largest absolute Gasteiger partial charge is 0.435 e. The molecule has 1 aromatic carbocycles. The molecule has 0 heterocycles. The fourth-order valence-electron chi connectivity index (χ4n) is 2.00. The first kappa shape index (κ1) is 19.8. The number of amides is 2. The van der Waals surface area contributed by atoms with Gasteiger partial charge in [0.2, 0.25) is 0 Å². The number of likely N-dealkylation sites (N-methyl/N-ethyl adjacent to an activating group) is 2. The molecular formula is C16H24F2N3O3+. The summed E-state index contributed by atoms with van der Waals surface area (Å²) in [6, 6.07) is 6.29. The summed E-state index contributed by atoms with van der Waals surface area (Å²) in [5, 5.41) is 2.78. The molecule has 0 aliphatic rings. The van der Waals surface area contributed by atoms with E-state index in [0.717, 1.165) is 10.5 Å². The van der Waals surface area contributed by atoms with Crippen molar-refractivity contribution in [2.75, 3.05) is 40.8 Å². The number of alkyl halides is 2. The van der Waals surface area contributed by atoms with Crippen LogP contribution in [0.4, 0.5) is 8.78 Å². The zero-order valence-corrected chi connectivity index (χ0v) is 14.1. The average molecular weight is 344 g/mol. The molecule has 1 unspecified atom stereocenters. The lowest BCUT2D eigenvalue weighted by Crippen LogP contribution is -3.11. The monoisotopic (exact) mass is 344 g/mol. The number of nitrogens with zero attached hydrogens (tertiary/aromatic N) is 1. The van der Waals surface area contributed by atoms with Crippen molar-refractivity contribution in [3.8, 4) is 5.75 Å². The highest BCUT2D eigenvalue weighted by Crippen LogP contribution is 2.14.